The Bertz CT molecular complexity index is 941. The first-order chi connectivity index (χ1) is 14.2. The normalized spacial score (nSPS) is 16.4. The molecule has 29 heavy (non-hydrogen) atoms. The summed E-state index contributed by atoms with van der Waals surface area (Å²) in [5.41, 5.74) is 1.59. The van der Waals surface area contributed by atoms with Crippen molar-refractivity contribution in [2.75, 3.05) is 26.8 Å². The van der Waals surface area contributed by atoms with Crippen LogP contribution in [0.15, 0.2) is 54.9 Å². The molecule has 2 aromatic carbocycles. The summed E-state index contributed by atoms with van der Waals surface area (Å²) in [6.07, 6.45) is 3.50. The maximum atomic E-state index is 12.9. The van der Waals surface area contributed by atoms with Crippen LogP contribution in [0.5, 0.6) is 11.5 Å². The fourth-order valence-electron chi connectivity index (χ4n) is 3.59. The number of rotatable bonds is 6. The van der Waals surface area contributed by atoms with Crippen molar-refractivity contribution >= 4 is 5.91 Å². The van der Waals surface area contributed by atoms with Crippen molar-refractivity contribution in [2.45, 2.75) is 12.8 Å². The van der Waals surface area contributed by atoms with E-state index in [-0.39, 0.29) is 5.91 Å². The Hall–Kier alpha value is -3.35. The highest BCUT2D eigenvalue weighted by Gasteiger charge is 2.25. The van der Waals surface area contributed by atoms with Gasteiger partial charge < -0.3 is 14.4 Å². The number of aromatic amines is 1. The van der Waals surface area contributed by atoms with Crippen molar-refractivity contribution in [1.82, 2.24) is 20.1 Å². The number of likely N-dealkylation sites (tertiary alicyclic amines) is 1. The lowest BCUT2D eigenvalue weighted by Gasteiger charge is -2.32. The molecule has 3 aromatic rings. The average Bonchev–Trinajstić information content (AvgIpc) is 3.33. The van der Waals surface area contributed by atoms with E-state index in [1.165, 1.54) is 6.33 Å². The van der Waals surface area contributed by atoms with Gasteiger partial charge in [-0.05, 0) is 37.1 Å². The molecule has 1 aromatic heterocycles. The highest BCUT2D eigenvalue weighted by atomic mass is 16.5. The van der Waals surface area contributed by atoms with Crippen molar-refractivity contribution < 1.29 is 14.3 Å². The average molecular weight is 392 g/mol. The van der Waals surface area contributed by atoms with Gasteiger partial charge in [-0.25, -0.2) is 4.98 Å². The summed E-state index contributed by atoms with van der Waals surface area (Å²) in [4.78, 5) is 19.0. The Kier molecular flexibility index (Phi) is 5.74. The predicted molar refractivity (Wildman–Crippen MR) is 109 cm³/mol. The number of H-pyrrole nitrogens is 1. The quantitative estimate of drug-likeness (QED) is 0.695. The lowest BCUT2D eigenvalue weighted by molar-refractivity contribution is 0.0633. The zero-order valence-electron chi connectivity index (χ0n) is 16.4. The molecule has 1 unspecified atom stereocenters. The van der Waals surface area contributed by atoms with E-state index < -0.39 is 0 Å². The summed E-state index contributed by atoms with van der Waals surface area (Å²) in [7, 11) is 1.64. The molecule has 150 valence electrons. The molecule has 7 heteroatoms. The first-order valence-corrected chi connectivity index (χ1v) is 9.75. The van der Waals surface area contributed by atoms with Gasteiger partial charge in [0.15, 0.2) is 5.82 Å². The van der Waals surface area contributed by atoms with Crippen LogP contribution < -0.4 is 9.47 Å². The fraction of sp³-hybridized carbons (Fsp3) is 0.318. The molecule has 0 saturated carbocycles. The third-order valence-corrected chi connectivity index (χ3v) is 5.15. The number of carbonyl (C=O) groups is 1. The van der Waals surface area contributed by atoms with E-state index in [0.717, 1.165) is 36.4 Å². The van der Waals surface area contributed by atoms with E-state index in [1.807, 2.05) is 53.4 Å². The summed E-state index contributed by atoms with van der Waals surface area (Å²) >= 11 is 0. The molecular formula is C22H24N4O3. The van der Waals surface area contributed by atoms with Gasteiger partial charge in [0, 0.05) is 36.2 Å². The molecule has 4 rings (SSSR count). The maximum absolute atomic E-state index is 12.9. The zero-order chi connectivity index (χ0) is 20.1. The Morgan fingerprint density at radius 2 is 2.03 bits per heavy atom. The van der Waals surface area contributed by atoms with E-state index in [2.05, 4.69) is 15.2 Å². The molecule has 1 fully saturated rings. The van der Waals surface area contributed by atoms with Crippen molar-refractivity contribution in [3.63, 3.8) is 0 Å². The highest BCUT2D eigenvalue weighted by molar-refractivity contribution is 5.94. The van der Waals surface area contributed by atoms with E-state index in [9.17, 15) is 4.79 Å². The van der Waals surface area contributed by atoms with Gasteiger partial charge in [0.2, 0.25) is 0 Å². The summed E-state index contributed by atoms with van der Waals surface area (Å²) in [5, 5.41) is 6.68. The highest BCUT2D eigenvalue weighted by Crippen LogP contribution is 2.23. The molecule has 7 nitrogen and oxygen atoms in total. The van der Waals surface area contributed by atoms with Gasteiger partial charge in [-0.1, -0.05) is 18.2 Å². The molecule has 0 bridgehead atoms. The SMILES string of the molecule is COc1cccc(OCC2CCCN(C(=O)c3ccc(-c4ncn[nH]4)cc3)C2)c1. The van der Waals surface area contributed by atoms with Crippen LogP contribution in [0.2, 0.25) is 0 Å². The standard InChI is InChI=1S/C22H24N4O3/c1-28-19-5-2-6-20(12-19)29-14-16-4-3-11-26(13-16)22(27)18-9-7-17(8-10-18)21-23-15-24-25-21/h2,5-10,12,15-16H,3-4,11,13-14H2,1H3,(H,23,24,25). The molecule has 0 aliphatic carbocycles. The van der Waals surface area contributed by atoms with Crippen LogP contribution in [0, 0.1) is 5.92 Å². The number of benzene rings is 2. The van der Waals surface area contributed by atoms with Crippen molar-refractivity contribution in [3.8, 4) is 22.9 Å². The van der Waals surface area contributed by atoms with Gasteiger partial charge in [-0.3, -0.25) is 9.89 Å². The Morgan fingerprint density at radius 3 is 2.79 bits per heavy atom. The number of aromatic nitrogens is 3. The topological polar surface area (TPSA) is 80.3 Å². The largest absolute Gasteiger partial charge is 0.497 e. The number of hydrogen-bond donors (Lipinski definition) is 1. The number of methoxy groups -OCH3 is 1. The van der Waals surface area contributed by atoms with E-state index in [0.29, 0.717) is 30.5 Å². The molecule has 0 radical (unpaired) electrons. The van der Waals surface area contributed by atoms with Crippen LogP contribution in [0.1, 0.15) is 23.2 Å². The van der Waals surface area contributed by atoms with Gasteiger partial charge in [0.05, 0.1) is 13.7 Å². The maximum Gasteiger partial charge on any atom is 0.253 e. The van der Waals surface area contributed by atoms with Gasteiger partial charge in [0.1, 0.15) is 17.8 Å². The van der Waals surface area contributed by atoms with Crippen LogP contribution >= 0.6 is 0 Å². The minimum absolute atomic E-state index is 0.0557. The lowest BCUT2D eigenvalue weighted by Crippen LogP contribution is -2.41. The summed E-state index contributed by atoms with van der Waals surface area (Å²) in [6.45, 7) is 2.06. The van der Waals surface area contributed by atoms with Gasteiger partial charge in [-0.15, -0.1) is 0 Å². The Labute approximate surface area is 169 Å². The van der Waals surface area contributed by atoms with Crippen molar-refractivity contribution in [1.29, 1.82) is 0 Å². The summed E-state index contributed by atoms with van der Waals surface area (Å²) < 4.78 is 11.2. The Balaban J connectivity index is 1.35. The second kappa shape index (κ2) is 8.77. The number of carbonyl (C=O) groups excluding carboxylic acids is 1. The number of hydrogen-bond acceptors (Lipinski definition) is 5. The molecule has 0 spiro atoms. The monoisotopic (exact) mass is 392 g/mol. The molecule has 2 heterocycles. The third kappa shape index (κ3) is 4.56. The van der Waals surface area contributed by atoms with Crippen LogP contribution in [0.4, 0.5) is 0 Å². The summed E-state index contributed by atoms with van der Waals surface area (Å²) in [6, 6.07) is 15.1. The third-order valence-electron chi connectivity index (χ3n) is 5.15. The van der Waals surface area contributed by atoms with Crippen LogP contribution in [0.25, 0.3) is 11.4 Å². The number of nitrogens with zero attached hydrogens (tertiary/aromatic N) is 3. The first-order valence-electron chi connectivity index (χ1n) is 9.75. The lowest BCUT2D eigenvalue weighted by atomic mass is 9.98. The molecule has 1 atom stereocenters. The molecule has 1 aliphatic rings. The molecule has 1 amide bonds. The smallest absolute Gasteiger partial charge is 0.253 e. The van der Waals surface area contributed by atoms with Gasteiger partial charge >= 0.3 is 0 Å². The second-order valence-corrected chi connectivity index (χ2v) is 7.16. The van der Waals surface area contributed by atoms with Crippen LogP contribution in [0.3, 0.4) is 0 Å². The van der Waals surface area contributed by atoms with Crippen LogP contribution in [-0.2, 0) is 0 Å². The summed E-state index contributed by atoms with van der Waals surface area (Å²) in [5.74, 6) is 2.62. The second-order valence-electron chi connectivity index (χ2n) is 7.16. The van der Waals surface area contributed by atoms with E-state index >= 15 is 0 Å². The molecule has 1 saturated heterocycles. The van der Waals surface area contributed by atoms with Crippen molar-refractivity contribution in [2.24, 2.45) is 5.92 Å². The molecular weight excluding hydrogens is 368 g/mol. The van der Waals surface area contributed by atoms with E-state index in [4.69, 9.17) is 9.47 Å². The van der Waals surface area contributed by atoms with Gasteiger partial charge in [-0.2, -0.15) is 5.10 Å². The van der Waals surface area contributed by atoms with E-state index in [1.54, 1.807) is 7.11 Å². The predicted octanol–water partition coefficient (Wildman–Crippen LogP) is 3.41. The number of nitrogens with one attached hydrogen (secondary N) is 1. The molecule has 1 aliphatic heterocycles. The molecule has 1 N–H and O–H groups in total. The van der Waals surface area contributed by atoms with Crippen molar-refractivity contribution in [3.05, 3.63) is 60.4 Å². The number of piperidine rings is 1. The van der Waals surface area contributed by atoms with Gasteiger partial charge in [0.25, 0.3) is 5.91 Å². The minimum Gasteiger partial charge on any atom is -0.497 e. The number of amides is 1. The zero-order valence-corrected chi connectivity index (χ0v) is 16.4. The minimum atomic E-state index is 0.0557. The fourth-order valence-corrected chi connectivity index (χ4v) is 3.59. The Morgan fingerprint density at radius 1 is 1.21 bits per heavy atom. The van der Waals surface area contributed by atoms with Crippen LogP contribution in [-0.4, -0.2) is 52.8 Å². The first kappa shape index (κ1) is 19.0. The number of ether oxygens (including phenoxy) is 2.